The molecule has 0 radical (unpaired) electrons. The number of nitriles is 1. The summed E-state index contributed by atoms with van der Waals surface area (Å²) >= 11 is 7.14. The smallest absolute Gasteiger partial charge is 0.183 e. The maximum Gasteiger partial charge on any atom is 0.183 e. The van der Waals surface area contributed by atoms with Gasteiger partial charge >= 0.3 is 0 Å². The molecule has 0 saturated carbocycles. The highest BCUT2D eigenvalue weighted by atomic mass is 35.5. The molecule has 0 aliphatic rings. The van der Waals surface area contributed by atoms with Gasteiger partial charge in [0.2, 0.25) is 0 Å². The Morgan fingerprint density at radius 1 is 1.67 bits per heavy atom. The first kappa shape index (κ1) is 11.7. The number of hydrogen-bond acceptors (Lipinski definition) is 4. The normalized spacial score (nSPS) is 10.9. The van der Waals surface area contributed by atoms with Gasteiger partial charge in [0.15, 0.2) is 11.4 Å². The van der Waals surface area contributed by atoms with Gasteiger partial charge in [-0.1, -0.05) is 23.4 Å². The van der Waals surface area contributed by atoms with E-state index >= 15 is 0 Å². The predicted octanol–water partition coefficient (Wildman–Crippen LogP) is 2.47. The number of phenols is 1. The highest BCUT2D eigenvalue weighted by Crippen LogP contribution is 2.28. The minimum absolute atomic E-state index is 0.0814. The van der Waals surface area contributed by atoms with Gasteiger partial charge in [0.25, 0.3) is 0 Å². The zero-order chi connectivity index (χ0) is 11.3. The van der Waals surface area contributed by atoms with Crippen molar-refractivity contribution in [3.05, 3.63) is 23.2 Å². The van der Waals surface area contributed by atoms with Crippen LogP contribution >= 0.6 is 23.4 Å². The number of hydrogen-bond donors (Lipinski definition) is 2. The van der Waals surface area contributed by atoms with Crippen molar-refractivity contribution in [2.45, 2.75) is 0 Å². The third-order valence-corrected chi connectivity index (χ3v) is 2.39. The van der Waals surface area contributed by atoms with Crippen LogP contribution in [-0.2, 0) is 0 Å². The van der Waals surface area contributed by atoms with Crippen molar-refractivity contribution in [2.24, 2.45) is 4.99 Å². The third-order valence-electron chi connectivity index (χ3n) is 1.51. The van der Waals surface area contributed by atoms with Crippen LogP contribution in [0.2, 0.25) is 5.02 Å². The molecule has 0 bridgehead atoms. The average Bonchev–Trinajstić information content (AvgIpc) is 2.21. The van der Waals surface area contributed by atoms with Gasteiger partial charge in [-0.05, 0) is 18.4 Å². The maximum absolute atomic E-state index is 9.13. The maximum atomic E-state index is 9.13. The summed E-state index contributed by atoms with van der Waals surface area (Å²) in [5, 5.41) is 20.8. The van der Waals surface area contributed by atoms with Crippen LogP contribution in [-0.4, -0.2) is 16.5 Å². The van der Waals surface area contributed by atoms with Gasteiger partial charge < -0.3 is 5.11 Å². The number of benzene rings is 1. The van der Waals surface area contributed by atoms with Gasteiger partial charge in [0.05, 0.1) is 10.7 Å². The SMILES string of the molecule is CSC(=Nc1ccc(O)cc1Cl)NC#N. The van der Waals surface area contributed by atoms with Gasteiger partial charge in [-0.15, -0.1) is 0 Å². The van der Waals surface area contributed by atoms with Crippen molar-refractivity contribution in [1.82, 2.24) is 5.32 Å². The van der Waals surface area contributed by atoms with Crippen LogP contribution < -0.4 is 5.32 Å². The highest BCUT2D eigenvalue weighted by molar-refractivity contribution is 8.13. The predicted molar refractivity (Wildman–Crippen MR) is 62.5 cm³/mol. The number of phenolic OH excluding ortho intramolecular Hbond substituents is 1. The molecule has 4 nitrogen and oxygen atoms in total. The van der Waals surface area contributed by atoms with Crippen LogP contribution in [0.1, 0.15) is 0 Å². The van der Waals surface area contributed by atoms with E-state index in [1.807, 2.05) is 0 Å². The fourth-order valence-electron chi connectivity index (χ4n) is 0.868. The zero-order valence-electron chi connectivity index (χ0n) is 7.86. The number of rotatable bonds is 1. The summed E-state index contributed by atoms with van der Waals surface area (Å²) in [7, 11) is 0. The topological polar surface area (TPSA) is 68.4 Å². The van der Waals surface area contributed by atoms with Gasteiger partial charge in [-0.25, -0.2) is 4.99 Å². The van der Waals surface area contributed by atoms with Crippen LogP contribution in [0.25, 0.3) is 0 Å². The second-order valence-electron chi connectivity index (χ2n) is 2.49. The monoisotopic (exact) mass is 241 g/mol. The zero-order valence-corrected chi connectivity index (χ0v) is 9.43. The van der Waals surface area contributed by atoms with Gasteiger partial charge in [0, 0.05) is 6.07 Å². The molecule has 0 spiro atoms. The Labute approximate surface area is 96.6 Å². The van der Waals surface area contributed by atoms with Gasteiger partial charge in [0.1, 0.15) is 5.75 Å². The Kier molecular flexibility index (Phi) is 4.28. The Hall–Kier alpha value is -1.38. The molecular formula is C9H8ClN3OS. The molecule has 0 aromatic heterocycles. The molecule has 1 aromatic carbocycles. The number of nitrogens with zero attached hydrogens (tertiary/aromatic N) is 2. The fraction of sp³-hybridized carbons (Fsp3) is 0.111. The molecule has 6 heteroatoms. The minimum atomic E-state index is 0.0814. The number of thioether (sulfide) groups is 1. The van der Waals surface area contributed by atoms with Gasteiger partial charge in [-0.2, -0.15) is 5.26 Å². The molecule has 0 unspecified atom stereocenters. The summed E-state index contributed by atoms with van der Waals surface area (Å²) in [5.41, 5.74) is 0.501. The van der Waals surface area contributed by atoms with Crippen LogP contribution in [0.3, 0.4) is 0 Å². The lowest BCUT2D eigenvalue weighted by molar-refractivity contribution is 0.475. The van der Waals surface area contributed by atoms with E-state index in [4.69, 9.17) is 22.0 Å². The average molecular weight is 242 g/mol. The molecule has 78 valence electrons. The van der Waals surface area contributed by atoms with E-state index in [0.29, 0.717) is 15.9 Å². The summed E-state index contributed by atoms with van der Waals surface area (Å²) in [5.74, 6) is 0.0814. The number of amidine groups is 1. The fourth-order valence-corrected chi connectivity index (χ4v) is 1.42. The number of nitrogens with one attached hydrogen (secondary N) is 1. The van der Waals surface area contributed by atoms with Crippen molar-refractivity contribution >= 4 is 34.2 Å². The van der Waals surface area contributed by atoms with Crippen LogP contribution in [0.5, 0.6) is 5.75 Å². The summed E-state index contributed by atoms with van der Waals surface area (Å²) in [6, 6.07) is 4.45. The van der Waals surface area contributed by atoms with E-state index in [0.717, 1.165) is 0 Å². The third kappa shape index (κ3) is 3.35. The molecular weight excluding hydrogens is 234 g/mol. The van der Waals surface area contributed by atoms with Gasteiger partial charge in [-0.3, -0.25) is 5.32 Å². The van der Waals surface area contributed by atoms with E-state index in [1.165, 1.54) is 23.9 Å². The number of halogens is 1. The lowest BCUT2D eigenvalue weighted by Gasteiger charge is -2.02. The van der Waals surface area contributed by atoms with Crippen molar-refractivity contribution in [3.8, 4) is 11.9 Å². The van der Waals surface area contributed by atoms with Crippen molar-refractivity contribution in [3.63, 3.8) is 0 Å². The van der Waals surface area contributed by atoms with Crippen molar-refractivity contribution in [2.75, 3.05) is 6.26 Å². The first-order valence-electron chi connectivity index (χ1n) is 3.93. The van der Waals surface area contributed by atoms with Crippen LogP contribution in [0, 0.1) is 11.5 Å². The highest BCUT2D eigenvalue weighted by Gasteiger charge is 2.02. The Bertz CT molecular complexity index is 428. The molecule has 0 saturated heterocycles. The summed E-state index contributed by atoms with van der Waals surface area (Å²) in [6.45, 7) is 0. The molecule has 0 heterocycles. The second kappa shape index (κ2) is 5.49. The number of aromatic hydroxyl groups is 1. The summed E-state index contributed by atoms with van der Waals surface area (Å²) in [4.78, 5) is 4.11. The van der Waals surface area contributed by atoms with Crippen molar-refractivity contribution < 1.29 is 5.11 Å². The first-order chi connectivity index (χ1) is 7.17. The van der Waals surface area contributed by atoms with Crippen LogP contribution in [0.15, 0.2) is 23.2 Å². The summed E-state index contributed by atoms with van der Waals surface area (Å²) in [6.07, 6.45) is 3.56. The minimum Gasteiger partial charge on any atom is -0.508 e. The number of aliphatic imine (C=N–C) groups is 1. The van der Waals surface area contributed by atoms with E-state index in [9.17, 15) is 0 Å². The molecule has 1 rings (SSSR count). The standard InChI is InChI=1S/C9H8ClN3OS/c1-15-9(12-5-11)13-8-3-2-6(14)4-7(8)10/h2-4,14H,1H3,(H,12,13). The molecule has 0 aliphatic heterocycles. The molecule has 2 N–H and O–H groups in total. The molecule has 1 aromatic rings. The van der Waals surface area contributed by atoms with E-state index in [1.54, 1.807) is 18.5 Å². The van der Waals surface area contributed by atoms with Crippen molar-refractivity contribution in [1.29, 1.82) is 5.26 Å². The lowest BCUT2D eigenvalue weighted by atomic mass is 10.3. The largest absolute Gasteiger partial charge is 0.508 e. The molecule has 0 amide bonds. The second-order valence-corrected chi connectivity index (χ2v) is 3.70. The van der Waals surface area contributed by atoms with E-state index in [2.05, 4.69) is 10.3 Å². The molecule has 0 aliphatic carbocycles. The quantitative estimate of drug-likeness (QED) is 0.343. The summed E-state index contributed by atoms with van der Waals surface area (Å²) < 4.78 is 0. The van der Waals surface area contributed by atoms with Crippen LogP contribution in [0.4, 0.5) is 5.69 Å². The first-order valence-corrected chi connectivity index (χ1v) is 5.54. The Morgan fingerprint density at radius 2 is 2.40 bits per heavy atom. The molecule has 0 atom stereocenters. The Balaban J connectivity index is 3.01. The Morgan fingerprint density at radius 3 is 2.93 bits per heavy atom. The molecule has 15 heavy (non-hydrogen) atoms. The van der Waals surface area contributed by atoms with E-state index in [-0.39, 0.29) is 5.75 Å². The van der Waals surface area contributed by atoms with E-state index < -0.39 is 0 Å². The molecule has 0 fully saturated rings. The lowest BCUT2D eigenvalue weighted by Crippen LogP contribution is -2.12.